The van der Waals surface area contributed by atoms with Crippen molar-refractivity contribution in [3.8, 4) is 5.75 Å². The molecule has 0 bridgehead atoms. The molecular weight excluding hydrogens is 240 g/mol. The van der Waals surface area contributed by atoms with E-state index in [0.29, 0.717) is 18.0 Å². The van der Waals surface area contributed by atoms with E-state index >= 15 is 0 Å². The monoisotopic (exact) mass is 262 g/mol. The van der Waals surface area contributed by atoms with Gasteiger partial charge in [-0.3, -0.25) is 4.79 Å². The highest BCUT2D eigenvalue weighted by atomic mass is 16.5. The molecule has 2 unspecified atom stereocenters. The fourth-order valence-electron chi connectivity index (χ4n) is 2.31. The van der Waals surface area contributed by atoms with Crippen molar-refractivity contribution in [1.82, 2.24) is 4.90 Å². The number of carbonyl (C=O) groups is 1. The second-order valence-electron chi connectivity index (χ2n) is 5.55. The van der Waals surface area contributed by atoms with E-state index in [9.17, 15) is 4.79 Å². The van der Waals surface area contributed by atoms with Gasteiger partial charge in [-0.05, 0) is 38.0 Å². The van der Waals surface area contributed by atoms with Crippen molar-refractivity contribution < 1.29 is 9.53 Å². The van der Waals surface area contributed by atoms with Crippen molar-refractivity contribution in [2.45, 2.75) is 32.9 Å². The fourth-order valence-corrected chi connectivity index (χ4v) is 2.31. The highest BCUT2D eigenvalue weighted by Gasteiger charge is 2.30. The van der Waals surface area contributed by atoms with Crippen LogP contribution in [0, 0.1) is 5.92 Å². The minimum atomic E-state index is 0.0361. The number of carbonyl (C=O) groups excluding carboxylic acids is 1. The van der Waals surface area contributed by atoms with Crippen LogP contribution < -0.4 is 10.5 Å². The normalized spacial score (nSPS) is 22.9. The Balaban J connectivity index is 2.11. The molecule has 0 radical (unpaired) electrons. The maximum Gasteiger partial charge on any atom is 0.254 e. The van der Waals surface area contributed by atoms with Crippen molar-refractivity contribution in [1.29, 1.82) is 0 Å². The Morgan fingerprint density at radius 3 is 2.74 bits per heavy atom. The summed E-state index contributed by atoms with van der Waals surface area (Å²) in [5, 5.41) is 0. The van der Waals surface area contributed by atoms with Crippen LogP contribution in [0.1, 0.15) is 31.1 Å². The lowest BCUT2D eigenvalue weighted by Crippen LogP contribution is -2.32. The van der Waals surface area contributed by atoms with Gasteiger partial charge in [0.15, 0.2) is 0 Å². The standard InChI is InChI=1S/C15H22N2O2/c1-10(2)19-13-6-4-5-12(7-13)15(18)17-8-11(3)14(16)9-17/h4-7,10-11,14H,8-9,16H2,1-3H3. The zero-order valence-electron chi connectivity index (χ0n) is 11.8. The Kier molecular flexibility index (Phi) is 4.10. The van der Waals surface area contributed by atoms with Crippen molar-refractivity contribution in [3.63, 3.8) is 0 Å². The summed E-state index contributed by atoms with van der Waals surface area (Å²) in [5.74, 6) is 1.13. The predicted molar refractivity (Wildman–Crippen MR) is 75.2 cm³/mol. The van der Waals surface area contributed by atoms with Gasteiger partial charge in [-0.25, -0.2) is 0 Å². The fraction of sp³-hybridized carbons (Fsp3) is 0.533. The molecule has 0 saturated carbocycles. The number of hydrogen-bond donors (Lipinski definition) is 1. The molecule has 19 heavy (non-hydrogen) atoms. The number of benzene rings is 1. The van der Waals surface area contributed by atoms with Gasteiger partial charge in [0.2, 0.25) is 0 Å². The third-order valence-electron chi connectivity index (χ3n) is 3.41. The van der Waals surface area contributed by atoms with Crippen LogP contribution in [0.5, 0.6) is 5.75 Å². The van der Waals surface area contributed by atoms with E-state index < -0.39 is 0 Å². The third kappa shape index (κ3) is 3.26. The Morgan fingerprint density at radius 2 is 2.16 bits per heavy atom. The summed E-state index contributed by atoms with van der Waals surface area (Å²) >= 11 is 0. The molecular formula is C15H22N2O2. The zero-order chi connectivity index (χ0) is 14.0. The molecule has 1 aromatic rings. The quantitative estimate of drug-likeness (QED) is 0.905. The average molecular weight is 262 g/mol. The van der Waals surface area contributed by atoms with E-state index in [1.54, 1.807) is 6.07 Å². The van der Waals surface area contributed by atoms with Crippen LogP contribution in [0.25, 0.3) is 0 Å². The highest BCUT2D eigenvalue weighted by Crippen LogP contribution is 2.20. The molecule has 0 spiro atoms. The summed E-state index contributed by atoms with van der Waals surface area (Å²) in [4.78, 5) is 14.2. The molecule has 1 aromatic carbocycles. The van der Waals surface area contributed by atoms with Crippen LogP contribution in [-0.4, -0.2) is 36.0 Å². The number of amides is 1. The number of ether oxygens (including phenoxy) is 1. The Hall–Kier alpha value is -1.55. The summed E-state index contributed by atoms with van der Waals surface area (Å²) in [5.41, 5.74) is 6.63. The first kappa shape index (κ1) is 13.9. The summed E-state index contributed by atoms with van der Waals surface area (Å²) in [6.07, 6.45) is 0.102. The maximum atomic E-state index is 12.4. The van der Waals surface area contributed by atoms with Gasteiger partial charge in [-0.15, -0.1) is 0 Å². The lowest BCUT2D eigenvalue weighted by Gasteiger charge is -2.17. The molecule has 1 aliphatic rings. The molecule has 1 fully saturated rings. The summed E-state index contributed by atoms with van der Waals surface area (Å²) < 4.78 is 5.61. The highest BCUT2D eigenvalue weighted by molar-refractivity contribution is 5.94. The van der Waals surface area contributed by atoms with Gasteiger partial charge in [0.25, 0.3) is 5.91 Å². The van der Waals surface area contributed by atoms with Gasteiger partial charge in [0.05, 0.1) is 6.10 Å². The number of hydrogen-bond acceptors (Lipinski definition) is 3. The molecule has 0 aromatic heterocycles. The first-order valence-corrected chi connectivity index (χ1v) is 6.79. The van der Waals surface area contributed by atoms with Crippen molar-refractivity contribution >= 4 is 5.91 Å². The summed E-state index contributed by atoms with van der Waals surface area (Å²) in [7, 11) is 0. The molecule has 1 amide bonds. The van der Waals surface area contributed by atoms with Crippen LogP contribution >= 0.6 is 0 Å². The van der Waals surface area contributed by atoms with E-state index in [1.165, 1.54) is 0 Å². The molecule has 2 atom stereocenters. The van der Waals surface area contributed by atoms with Crippen molar-refractivity contribution in [2.24, 2.45) is 11.7 Å². The minimum Gasteiger partial charge on any atom is -0.491 e. The van der Waals surface area contributed by atoms with E-state index in [0.717, 1.165) is 12.3 Å². The molecule has 1 saturated heterocycles. The van der Waals surface area contributed by atoms with Gasteiger partial charge in [-0.2, -0.15) is 0 Å². The summed E-state index contributed by atoms with van der Waals surface area (Å²) in [6, 6.07) is 7.43. The maximum absolute atomic E-state index is 12.4. The number of likely N-dealkylation sites (tertiary alicyclic amines) is 1. The van der Waals surface area contributed by atoms with Gasteiger partial charge < -0.3 is 15.4 Å². The van der Waals surface area contributed by atoms with Crippen molar-refractivity contribution in [3.05, 3.63) is 29.8 Å². The molecule has 2 N–H and O–H groups in total. The van der Waals surface area contributed by atoms with Crippen LogP contribution in [0.4, 0.5) is 0 Å². The lowest BCUT2D eigenvalue weighted by atomic mass is 10.1. The van der Waals surface area contributed by atoms with E-state index in [2.05, 4.69) is 6.92 Å². The first-order valence-electron chi connectivity index (χ1n) is 6.79. The minimum absolute atomic E-state index is 0.0361. The predicted octanol–water partition coefficient (Wildman–Crippen LogP) is 1.89. The molecule has 4 heteroatoms. The molecule has 1 heterocycles. The topological polar surface area (TPSA) is 55.6 Å². The largest absolute Gasteiger partial charge is 0.491 e. The number of rotatable bonds is 3. The molecule has 1 aliphatic heterocycles. The van der Waals surface area contributed by atoms with Crippen LogP contribution in [0.3, 0.4) is 0 Å². The van der Waals surface area contributed by atoms with E-state index in [1.807, 2.05) is 36.9 Å². The van der Waals surface area contributed by atoms with Gasteiger partial charge >= 0.3 is 0 Å². The molecule has 0 aliphatic carbocycles. The van der Waals surface area contributed by atoms with Crippen molar-refractivity contribution in [2.75, 3.05) is 13.1 Å². The molecule has 4 nitrogen and oxygen atoms in total. The zero-order valence-corrected chi connectivity index (χ0v) is 11.8. The summed E-state index contributed by atoms with van der Waals surface area (Å²) in [6.45, 7) is 7.38. The van der Waals surface area contributed by atoms with Crippen LogP contribution in [0.15, 0.2) is 24.3 Å². The van der Waals surface area contributed by atoms with Gasteiger partial charge in [0, 0.05) is 24.7 Å². The lowest BCUT2D eigenvalue weighted by molar-refractivity contribution is 0.0786. The first-order chi connectivity index (χ1) is 8.97. The van der Waals surface area contributed by atoms with Gasteiger partial charge in [-0.1, -0.05) is 13.0 Å². The van der Waals surface area contributed by atoms with Crippen LogP contribution in [-0.2, 0) is 0 Å². The second-order valence-corrected chi connectivity index (χ2v) is 5.55. The second kappa shape index (κ2) is 5.61. The third-order valence-corrected chi connectivity index (χ3v) is 3.41. The Bertz CT molecular complexity index is 449. The Morgan fingerprint density at radius 1 is 1.42 bits per heavy atom. The average Bonchev–Trinajstić information content (AvgIpc) is 2.68. The molecule has 104 valence electrons. The van der Waals surface area contributed by atoms with Gasteiger partial charge in [0.1, 0.15) is 5.75 Å². The number of nitrogens with two attached hydrogens (primary N) is 1. The SMILES string of the molecule is CC(C)Oc1cccc(C(=O)N2CC(C)C(N)C2)c1. The van der Waals surface area contributed by atoms with E-state index in [4.69, 9.17) is 10.5 Å². The van der Waals surface area contributed by atoms with E-state index in [-0.39, 0.29) is 18.1 Å². The number of nitrogens with zero attached hydrogens (tertiary/aromatic N) is 1. The van der Waals surface area contributed by atoms with Crippen LogP contribution in [0.2, 0.25) is 0 Å². The smallest absolute Gasteiger partial charge is 0.254 e. The molecule has 2 rings (SSSR count). The Labute approximate surface area is 114 Å².